The van der Waals surface area contributed by atoms with Gasteiger partial charge in [0.05, 0.1) is 11.1 Å². The van der Waals surface area contributed by atoms with E-state index in [1.165, 1.54) is 18.3 Å². The molecule has 0 aliphatic rings. The molecule has 0 aromatic heterocycles. The minimum atomic E-state index is -0.587. The zero-order chi connectivity index (χ0) is 18.4. The molecular weight excluding hydrogens is 346 g/mol. The first-order chi connectivity index (χ1) is 11.9. The topological polar surface area (TPSA) is 93.8 Å². The van der Waals surface area contributed by atoms with E-state index in [-0.39, 0.29) is 17.3 Å². The summed E-state index contributed by atoms with van der Waals surface area (Å²) in [5.41, 5.74) is 4.55. The fourth-order valence-electron chi connectivity index (χ4n) is 1.98. The van der Waals surface area contributed by atoms with Gasteiger partial charge in [-0.2, -0.15) is 5.10 Å². The number of hydrazone groups is 1. The van der Waals surface area contributed by atoms with Gasteiger partial charge in [0, 0.05) is 11.6 Å². The first kappa shape index (κ1) is 18.4. The third-order valence-corrected chi connectivity index (χ3v) is 3.80. The number of aryl methyl sites for hydroxylation is 1. The summed E-state index contributed by atoms with van der Waals surface area (Å²) in [7, 11) is 0. The van der Waals surface area contributed by atoms with Crippen LogP contribution in [0.15, 0.2) is 41.5 Å². The highest BCUT2D eigenvalue weighted by molar-refractivity contribution is 6.32. The van der Waals surface area contributed by atoms with Crippen molar-refractivity contribution in [3.8, 4) is 5.75 Å². The Morgan fingerprint density at radius 3 is 2.84 bits per heavy atom. The first-order valence-corrected chi connectivity index (χ1v) is 7.71. The summed E-state index contributed by atoms with van der Waals surface area (Å²) in [4.78, 5) is 22.0. The van der Waals surface area contributed by atoms with Crippen molar-refractivity contribution in [3.05, 3.63) is 68.2 Å². The van der Waals surface area contributed by atoms with Crippen molar-refractivity contribution in [1.82, 2.24) is 5.43 Å². The number of amides is 1. The van der Waals surface area contributed by atoms with Gasteiger partial charge in [0.25, 0.3) is 11.6 Å². The Morgan fingerprint density at radius 2 is 2.12 bits per heavy atom. The van der Waals surface area contributed by atoms with Crippen molar-refractivity contribution in [2.75, 3.05) is 6.61 Å². The Labute approximate surface area is 149 Å². The molecule has 1 N–H and O–H groups in total. The van der Waals surface area contributed by atoms with Gasteiger partial charge < -0.3 is 4.74 Å². The minimum absolute atomic E-state index is 0.0353. The molecule has 1 amide bonds. The van der Waals surface area contributed by atoms with Gasteiger partial charge in [0.2, 0.25) is 0 Å². The van der Waals surface area contributed by atoms with Crippen LogP contribution >= 0.6 is 11.6 Å². The van der Waals surface area contributed by atoms with E-state index in [1.807, 2.05) is 26.0 Å². The monoisotopic (exact) mass is 361 g/mol. The van der Waals surface area contributed by atoms with E-state index in [4.69, 9.17) is 16.3 Å². The number of halogens is 1. The molecule has 0 fully saturated rings. The average molecular weight is 362 g/mol. The molecule has 130 valence electrons. The number of nitrogens with zero attached hydrogens (tertiary/aromatic N) is 2. The van der Waals surface area contributed by atoms with Crippen molar-refractivity contribution in [1.29, 1.82) is 0 Å². The highest BCUT2D eigenvalue weighted by Gasteiger charge is 2.12. The Hall–Kier alpha value is -2.93. The van der Waals surface area contributed by atoms with Crippen LogP contribution in [0, 0.1) is 24.0 Å². The van der Waals surface area contributed by atoms with Gasteiger partial charge in [-0.25, -0.2) is 5.43 Å². The second kappa shape index (κ2) is 8.25. The van der Waals surface area contributed by atoms with Crippen LogP contribution in [0.1, 0.15) is 16.7 Å². The highest BCUT2D eigenvalue weighted by atomic mass is 35.5. The average Bonchev–Trinajstić information content (AvgIpc) is 2.57. The minimum Gasteiger partial charge on any atom is -0.483 e. The van der Waals surface area contributed by atoms with Gasteiger partial charge in [0.15, 0.2) is 6.61 Å². The molecular formula is C17H16ClN3O4. The standard InChI is InChI=1S/C17H16ClN3O4/c1-11-4-3-5-16(12(11)2)25-10-17(22)20-19-9-13-6-7-14(18)15(8-13)21(23)24/h3-9H,10H2,1-2H3,(H,20,22). The van der Waals surface area contributed by atoms with Gasteiger partial charge in [-0.15, -0.1) is 0 Å². The molecule has 0 aliphatic carbocycles. The Kier molecular flexibility index (Phi) is 6.08. The van der Waals surface area contributed by atoms with Gasteiger partial charge in [0.1, 0.15) is 10.8 Å². The highest BCUT2D eigenvalue weighted by Crippen LogP contribution is 2.24. The molecule has 0 saturated carbocycles. The summed E-state index contributed by atoms with van der Waals surface area (Å²) in [6, 6.07) is 9.80. The van der Waals surface area contributed by atoms with Gasteiger partial charge in [-0.05, 0) is 37.1 Å². The predicted molar refractivity (Wildman–Crippen MR) is 95.3 cm³/mol. The number of hydrogen-bond donors (Lipinski definition) is 1. The summed E-state index contributed by atoms with van der Waals surface area (Å²) >= 11 is 5.73. The zero-order valence-electron chi connectivity index (χ0n) is 13.7. The van der Waals surface area contributed by atoms with Crippen LogP contribution in [-0.4, -0.2) is 23.7 Å². The fraction of sp³-hybridized carbons (Fsp3) is 0.176. The lowest BCUT2D eigenvalue weighted by molar-refractivity contribution is -0.384. The maximum absolute atomic E-state index is 11.8. The Bertz CT molecular complexity index is 837. The van der Waals surface area contributed by atoms with Crippen LogP contribution in [0.2, 0.25) is 5.02 Å². The molecule has 0 heterocycles. The molecule has 2 aromatic rings. The molecule has 0 radical (unpaired) electrons. The number of nitro groups is 1. The van der Waals surface area contributed by atoms with Crippen LogP contribution in [0.5, 0.6) is 5.75 Å². The largest absolute Gasteiger partial charge is 0.483 e. The molecule has 8 heteroatoms. The van der Waals surface area contributed by atoms with E-state index in [2.05, 4.69) is 10.5 Å². The van der Waals surface area contributed by atoms with Gasteiger partial charge >= 0.3 is 0 Å². The SMILES string of the molecule is Cc1cccc(OCC(=O)NN=Cc2ccc(Cl)c([N+](=O)[O-])c2)c1C. The van der Waals surface area contributed by atoms with Gasteiger partial charge in [-0.3, -0.25) is 14.9 Å². The summed E-state index contributed by atoms with van der Waals surface area (Å²) in [5.74, 6) is 0.188. The number of rotatable bonds is 6. The molecule has 0 aliphatic heterocycles. The molecule has 7 nitrogen and oxygen atoms in total. The lowest BCUT2D eigenvalue weighted by Crippen LogP contribution is -2.24. The normalized spacial score (nSPS) is 10.7. The van der Waals surface area contributed by atoms with Crippen molar-refractivity contribution < 1.29 is 14.5 Å². The molecule has 2 aromatic carbocycles. The number of ether oxygens (including phenoxy) is 1. The fourth-order valence-corrected chi connectivity index (χ4v) is 2.17. The molecule has 2 rings (SSSR count). The zero-order valence-corrected chi connectivity index (χ0v) is 14.4. The van der Waals surface area contributed by atoms with Crippen LogP contribution < -0.4 is 10.2 Å². The van der Waals surface area contributed by atoms with E-state index >= 15 is 0 Å². The maximum atomic E-state index is 11.8. The van der Waals surface area contributed by atoms with Crippen LogP contribution in [-0.2, 0) is 4.79 Å². The van der Waals surface area contributed by atoms with Crippen molar-refractivity contribution in [3.63, 3.8) is 0 Å². The molecule has 25 heavy (non-hydrogen) atoms. The second-order valence-corrected chi connectivity index (χ2v) is 5.66. The summed E-state index contributed by atoms with van der Waals surface area (Å²) in [6.07, 6.45) is 1.29. The van der Waals surface area contributed by atoms with Crippen LogP contribution in [0.4, 0.5) is 5.69 Å². The number of carbonyl (C=O) groups excluding carboxylic acids is 1. The first-order valence-electron chi connectivity index (χ1n) is 7.33. The molecule has 0 saturated heterocycles. The molecule has 0 unspecified atom stereocenters. The summed E-state index contributed by atoms with van der Waals surface area (Å²) in [6.45, 7) is 3.68. The van der Waals surface area contributed by atoms with E-state index < -0.39 is 10.8 Å². The number of benzene rings is 2. The Morgan fingerprint density at radius 1 is 1.36 bits per heavy atom. The van der Waals surface area contributed by atoms with Gasteiger partial charge in [-0.1, -0.05) is 29.8 Å². The van der Waals surface area contributed by atoms with E-state index in [9.17, 15) is 14.9 Å². The van der Waals surface area contributed by atoms with Crippen LogP contribution in [0.25, 0.3) is 0 Å². The number of hydrogen-bond acceptors (Lipinski definition) is 5. The number of nitro benzene ring substituents is 1. The smallest absolute Gasteiger partial charge is 0.288 e. The summed E-state index contributed by atoms with van der Waals surface area (Å²) < 4.78 is 5.46. The lowest BCUT2D eigenvalue weighted by Gasteiger charge is -2.09. The second-order valence-electron chi connectivity index (χ2n) is 5.25. The Balaban J connectivity index is 1.91. The maximum Gasteiger partial charge on any atom is 0.288 e. The number of carbonyl (C=O) groups is 1. The molecule has 0 atom stereocenters. The predicted octanol–water partition coefficient (Wildman–Crippen LogP) is 3.39. The van der Waals surface area contributed by atoms with Crippen LogP contribution in [0.3, 0.4) is 0 Å². The van der Waals surface area contributed by atoms with E-state index in [0.29, 0.717) is 11.3 Å². The van der Waals surface area contributed by atoms with E-state index in [0.717, 1.165) is 11.1 Å². The number of nitrogens with one attached hydrogen (secondary N) is 1. The lowest BCUT2D eigenvalue weighted by atomic mass is 10.1. The summed E-state index contributed by atoms with van der Waals surface area (Å²) in [5, 5.41) is 14.6. The third kappa shape index (κ3) is 5.02. The third-order valence-electron chi connectivity index (χ3n) is 3.48. The van der Waals surface area contributed by atoms with Crippen molar-refractivity contribution in [2.45, 2.75) is 13.8 Å². The quantitative estimate of drug-likeness (QED) is 0.484. The molecule has 0 spiro atoms. The van der Waals surface area contributed by atoms with E-state index in [1.54, 1.807) is 12.1 Å². The molecule has 0 bridgehead atoms. The van der Waals surface area contributed by atoms with Crippen molar-refractivity contribution >= 4 is 29.4 Å². The van der Waals surface area contributed by atoms with Crippen molar-refractivity contribution in [2.24, 2.45) is 5.10 Å².